The van der Waals surface area contributed by atoms with Gasteiger partial charge in [-0.05, 0) is 62.1 Å². The van der Waals surface area contributed by atoms with Gasteiger partial charge in [0.25, 0.3) is 0 Å². The number of hydrogen-bond acceptors (Lipinski definition) is 3. The van der Waals surface area contributed by atoms with E-state index in [0.29, 0.717) is 19.2 Å². The Morgan fingerprint density at radius 1 is 1.21 bits per heavy atom. The molecule has 2 aromatic rings. The van der Waals surface area contributed by atoms with Crippen molar-refractivity contribution in [3.63, 3.8) is 0 Å². The third-order valence-corrected chi connectivity index (χ3v) is 5.23. The van der Waals surface area contributed by atoms with Gasteiger partial charge in [-0.3, -0.25) is 4.99 Å². The summed E-state index contributed by atoms with van der Waals surface area (Å²) < 4.78 is 19.1. The molecule has 0 saturated carbocycles. The molecule has 156 valence electrons. The SMILES string of the molecule is CCOc1ccc(CNC(=NC)NC2CCN(c3cccc(F)c3)CC2)cc1C. The zero-order chi connectivity index (χ0) is 20.6. The number of nitrogens with one attached hydrogen (secondary N) is 2. The first-order valence-corrected chi connectivity index (χ1v) is 10.3. The van der Waals surface area contributed by atoms with Crippen LogP contribution in [0.15, 0.2) is 47.5 Å². The smallest absolute Gasteiger partial charge is 0.191 e. The summed E-state index contributed by atoms with van der Waals surface area (Å²) in [5, 5.41) is 6.92. The van der Waals surface area contributed by atoms with Crippen LogP contribution >= 0.6 is 0 Å². The van der Waals surface area contributed by atoms with E-state index in [1.54, 1.807) is 19.2 Å². The second-order valence-electron chi connectivity index (χ2n) is 7.34. The lowest BCUT2D eigenvalue weighted by molar-refractivity contribution is 0.338. The average molecular weight is 399 g/mol. The Morgan fingerprint density at radius 2 is 2.00 bits per heavy atom. The maximum Gasteiger partial charge on any atom is 0.191 e. The van der Waals surface area contributed by atoms with E-state index in [1.807, 2.05) is 19.1 Å². The molecule has 0 atom stereocenters. The van der Waals surface area contributed by atoms with E-state index in [-0.39, 0.29) is 5.82 Å². The van der Waals surface area contributed by atoms with Gasteiger partial charge >= 0.3 is 0 Å². The minimum Gasteiger partial charge on any atom is -0.494 e. The van der Waals surface area contributed by atoms with Gasteiger partial charge in [0.1, 0.15) is 11.6 Å². The van der Waals surface area contributed by atoms with Crippen LogP contribution in [0.4, 0.5) is 10.1 Å². The molecule has 0 amide bonds. The van der Waals surface area contributed by atoms with Gasteiger partial charge in [-0.2, -0.15) is 0 Å². The van der Waals surface area contributed by atoms with Crippen LogP contribution in [0.5, 0.6) is 5.75 Å². The molecular formula is C23H31FN4O. The number of guanidine groups is 1. The predicted octanol–water partition coefficient (Wildman–Crippen LogP) is 3.87. The zero-order valence-electron chi connectivity index (χ0n) is 17.5. The van der Waals surface area contributed by atoms with Crippen molar-refractivity contribution >= 4 is 11.6 Å². The van der Waals surface area contributed by atoms with Gasteiger partial charge in [0, 0.05) is 38.4 Å². The zero-order valence-corrected chi connectivity index (χ0v) is 17.5. The lowest BCUT2D eigenvalue weighted by Gasteiger charge is -2.34. The Bertz CT molecular complexity index is 831. The highest BCUT2D eigenvalue weighted by Gasteiger charge is 2.20. The second kappa shape index (κ2) is 10.1. The number of ether oxygens (including phenoxy) is 1. The first kappa shape index (κ1) is 21.0. The molecule has 1 saturated heterocycles. The van der Waals surface area contributed by atoms with Gasteiger partial charge in [0.05, 0.1) is 6.61 Å². The summed E-state index contributed by atoms with van der Waals surface area (Å²) in [6.07, 6.45) is 1.97. The quantitative estimate of drug-likeness (QED) is 0.573. The summed E-state index contributed by atoms with van der Waals surface area (Å²) in [5.74, 6) is 1.56. The number of rotatable bonds is 6. The monoisotopic (exact) mass is 398 g/mol. The van der Waals surface area contributed by atoms with Crippen LogP contribution in [-0.4, -0.2) is 38.7 Å². The van der Waals surface area contributed by atoms with Crippen molar-refractivity contribution in [1.29, 1.82) is 0 Å². The van der Waals surface area contributed by atoms with Crippen LogP contribution in [0.25, 0.3) is 0 Å². The maximum atomic E-state index is 13.5. The first-order valence-electron chi connectivity index (χ1n) is 10.3. The maximum absolute atomic E-state index is 13.5. The highest BCUT2D eigenvalue weighted by molar-refractivity contribution is 5.80. The fraction of sp³-hybridized carbons (Fsp3) is 0.435. The van der Waals surface area contributed by atoms with Crippen molar-refractivity contribution in [2.75, 3.05) is 31.6 Å². The summed E-state index contributed by atoms with van der Waals surface area (Å²) in [7, 11) is 1.79. The number of halogens is 1. The minimum absolute atomic E-state index is 0.183. The normalized spacial score (nSPS) is 15.3. The van der Waals surface area contributed by atoms with E-state index in [1.165, 1.54) is 11.6 Å². The topological polar surface area (TPSA) is 48.9 Å². The standard InChI is InChI=1S/C23H31FN4O/c1-4-29-22-9-8-18(14-17(22)2)16-26-23(25-3)27-20-10-12-28(13-11-20)21-7-5-6-19(24)15-21/h5-9,14-15,20H,4,10-13,16H2,1-3H3,(H2,25,26,27). The fourth-order valence-electron chi connectivity index (χ4n) is 3.67. The predicted molar refractivity (Wildman–Crippen MR) is 117 cm³/mol. The Balaban J connectivity index is 1.48. The molecule has 5 nitrogen and oxygen atoms in total. The molecule has 1 heterocycles. The van der Waals surface area contributed by atoms with Gasteiger partial charge in [-0.15, -0.1) is 0 Å². The molecule has 1 fully saturated rings. The fourth-order valence-corrected chi connectivity index (χ4v) is 3.67. The Labute approximate surface area is 173 Å². The molecule has 1 aliphatic heterocycles. The van der Waals surface area contributed by atoms with Crippen molar-refractivity contribution in [2.45, 2.75) is 39.3 Å². The molecule has 3 rings (SSSR count). The van der Waals surface area contributed by atoms with Crippen LogP contribution < -0.4 is 20.3 Å². The van der Waals surface area contributed by atoms with Gasteiger partial charge in [0.15, 0.2) is 5.96 Å². The van der Waals surface area contributed by atoms with E-state index < -0.39 is 0 Å². The number of aryl methyl sites for hydroxylation is 1. The van der Waals surface area contributed by atoms with Gasteiger partial charge in [-0.25, -0.2) is 4.39 Å². The largest absolute Gasteiger partial charge is 0.494 e. The molecule has 0 aromatic heterocycles. The third kappa shape index (κ3) is 5.86. The van der Waals surface area contributed by atoms with Crippen molar-refractivity contribution < 1.29 is 9.13 Å². The number of hydrogen-bond donors (Lipinski definition) is 2. The molecule has 6 heteroatoms. The molecular weight excluding hydrogens is 367 g/mol. The first-order chi connectivity index (χ1) is 14.1. The molecule has 0 radical (unpaired) electrons. The third-order valence-electron chi connectivity index (χ3n) is 5.23. The van der Waals surface area contributed by atoms with Crippen molar-refractivity contribution in [3.8, 4) is 5.75 Å². The number of aliphatic imine (C=N–C) groups is 1. The Hall–Kier alpha value is -2.76. The van der Waals surface area contributed by atoms with Crippen LogP contribution in [0.3, 0.4) is 0 Å². The molecule has 1 aliphatic rings. The van der Waals surface area contributed by atoms with Gasteiger partial charge in [-0.1, -0.05) is 18.2 Å². The summed E-state index contributed by atoms with van der Waals surface area (Å²) in [5.41, 5.74) is 3.28. The molecule has 0 spiro atoms. The van der Waals surface area contributed by atoms with E-state index in [9.17, 15) is 4.39 Å². The summed E-state index contributed by atoms with van der Waals surface area (Å²) in [4.78, 5) is 6.60. The molecule has 0 bridgehead atoms. The number of piperidine rings is 1. The molecule has 29 heavy (non-hydrogen) atoms. The van der Waals surface area contributed by atoms with E-state index >= 15 is 0 Å². The lowest BCUT2D eigenvalue weighted by atomic mass is 10.0. The molecule has 0 unspecified atom stereocenters. The summed E-state index contributed by atoms with van der Waals surface area (Å²) >= 11 is 0. The number of benzene rings is 2. The van der Waals surface area contributed by atoms with Crippen LogP contribution in [-0.2, 0) is 6.54 Å². The number of nitrogens with zero attached hydrogens (tertiary/aromatic N) is 2. The Kier molecular flexibility index (Phi) is 7.33. The Morgan fingerprint density at radius 3 is 2.66 bits per heavy atom. The second-order valence-corrected chi connectivity index (χ2v) is 7.34. The van der Waals surface area contributed by atoms with Crippen LogP contribution in [0.1, 0.15) is 30.9 Å². The minimum atomic E-state index is -0.183. The van der Waals surface area contributed by atoms with E-state index in [4.69, 9.17) is 4.74 Å². The van der Waals surface area contributed by atoms with Gasteiger partial charge in [0.2, 0.25) is 0 Å². The highest BCUT2D eigenvalue weighted by atomic mass is 19.1. The number of anilines is 1. The van der Waals surface area contributed by atoms with Crippen molar-refractivity contribution in [2.24, 2.45) is 4.99 Å². The molecule has 2 aromatic carbocycles. The van der Waals surface area contributed by atoms with Crippen LogP contribution in [0, 0.1) is 12.7 Å². The van der Waals surface area contributed by atoms with Crippen molar-refractivity contribution in [3.05, 3.63) is 59.4 Å². The molecule has 2 N–H and O–H groups in total. The van der Waals surface area contributed by atoms with E-state index in [0.717, 1.165) is 48.9 Å². The van der Waals surface area contributed by atoms with Crippen LogP contribution in [0.2, 0.25) is 0 Å². The lowest BCUT2D eigenvalue weighted by Crippen LogP contribution is -2.48. The van der Waals surface area contributed by atoms with E-state index in [2.05, 4.69) is 39.6 Å². The highest BCUT2D eigenvalue weighted by Crippen LogP contribution is 2.21. The summed E-state index contributed by atoms with van der Waals surface area (Å²) in [6.45, 7) is 7.23. The average Bonchev–Trinajstić information content (AvgIpc) is 2.73. The van der Waals surface area contributed by atoms with Gasteiger partial charge < -0.3 is 20.3 Å². The summed E-state index contributed by atoms with van der Waals surface area (Å²) in [6, 6.07) is 13.4. The molecule has 0 aliphatic carbocycles. The van der Waals surface area contributed by atoms with Crippen molar-refractivity contribution in [1.82, 2.24) is 10.6 Å².